The molecule has 186 valence electrons. The van der Waals surface area contributed by atoms with Gasteiger partial charge in [-0.05, 0) is 62.4 Å². The van der Waals surface area contributed by atoms with Crippen LogP contribution in [0.5, 0.6) is 0 Å². The Morgan fingerprint density at radius 1 is 0.943 bits per heavy atom. The third-order valence-corrected chi connectivity index (χ3v) is 8.87. The van der Waals surface area contributed by atoms with Crippen molar-refractivity contribution in [1.82, 2.24) is 19.6 Å². The van der Waals surface area contributed by atoms with Crippen LogP contribution in [0, 0.1) is 0 Å². The van der Waals surface area contributed by atoms with Crippen LogP contribution >= 0.6 is 0 Å². The average Bonchev–Trinajstić information content (AvgIpc) is 3.32. The predicted octanol–water partition coefficient (Wildman–Crippen LogP) is 3.70. The number of rotatable bonds is 7. The van der Waals surface area contributed by atoms with Gasteiger partial charge in [-0.25, -0.2) is 13.4 Å². The van der Waals surface area contributed by atoms with Crippen molar-refractivity contribution in [3.05, 3.63) is 53.9 Å². The maximum Gasteiger partial charge on any atom is 0.251 e. The van der Waals surface area contributed by atoms with Crippen molar-refractivity contribution >= 4 is 32.7 Å². The number of sulfonamides is 1. The van der Waals surface area contributed by atoms with Gasteiger partial charge in [0.15, 0.2) is 0 Å². The number of imidazole rings is 1. The fourth-order valence-electron chi connectivity index (χ4n) is 5.02. The first-order valence-electron chi connectivity index (χ1n) is 12.6. The standard InChI is InChI=1S/C26H33N5O3S/c32-26(27-14-13-25-28-21-9-3-4-10-22(21)29-25)20-11-12-23(30-15-5-1-6-16-30)24(19-20)35(33,34)31-17-7-2-8-18-31/h3-4,9-12,19H,1-2,5-8,13-18H2,(H,27,32)(H,28,29). The van der Waals surface area contributed by atoms with Gasteiger partial charge in [0.2, 0.25) is 10.0 Å². The van der Waals surface area contributed by atoms with Gasteiger partial charge >= 0.3 is 0 Å². The molecular weight excluding hydrogens is 462 g/mol. The molecule has 2 aliphatic heterocycles. The van der Waals surface area contributed by atoms with Crippen LogP contribution in [0.25, 0.3) is 11.0 Å². The molecule has 0 aliphatic carbocycles. The van der Waals surface area contributed by atoms with Crippen LogP contribution in [0.3, 0.4) is 0 Å². The molecule has 8 nitrogen and oxygen atoms in total. The normalized spacial score (nSPS) is 17.5. The van der Waals surface area contributed by atoms with Crippen LogP contribution in [-0.4, -0.2) is 61.3 Å². The first-order chi connectivity index (χ1) is 17.0. The smallest absolute Gasteiger partial charge is 0.251 e. The lowest BCUT2D eigenvalue weighted by Crippen LogP contribution is -2.38. The van der Waals surface area contributed by atoms with E-state index in [0.717, 1.165) is 68.5 Å². The van der Waals surface area contributed by atoms with E-state index < -0.39 is 10.0 Å². The molecule has 9 heteroatoms. The zero-order valence-corrected chi connectivity index (χ0v) is 20.8. The molecular formula is C26H33N5O3S. The predicted molar refractivity (Wildman–Crippen MR) is 137 cm³/mol. The SMILES string of the molecule is O=C(NCCc1nc2ccccc2[nH]1)c1ccc(N2CCCCC2)c(S(=O)(=O)N2CCCCC2)c1. The van der Waals surface area contributed by atoms with E-state index in [1.165, 1.54) is 0 Å². The summed E-state index contributed by atoms with van der Waals surface area (Å²) in [4.78, 5) is 23.2. The topological polar surface area (TPSA) is 98.4 Å². The highest BCUT2D eigenvalue weighted by Gasteiger charge is 2.31. The third-order valence-electron chi connectivity index (χ3n) is 6.94. The number of carbonyl (C=O) groups is 1. The van der Waals surface area contributed by atoms with Gasteiger partial charge in [-0.2, -0.15) is 4.31 Å². The average molecular weight is 496 g/mol. The maximum atomic E-state index is 13.7. The monoisotopic (exact) mass is 495 g/mol. The molecule has 0 unspecified atom stereocenters. The van der Waals surface area contributed by atoms with Gasteiger partial charge in [-0.1, -0.05) is 18.6 Å². The lowest BCUT2D eigenvalue weighted by molar-refractivity contribution is 0.0954. The molecule has 2 aliphatic rings. The summed E-state index contributed by atoms with van der Waals surface area (Å²) >= 11 is 0. The van der Waals surface area contributed by atoms with Gasteiger partial charge in [0, 0.05) is 44.7 Å². The van der Waals surface area contributed by atoms with Crippen molar-refractivity contribution in [3.63, 3.8) is 0 Å². The summed E-state index contributed by atoms with van der Waals surface area (Å²) in [6, 6.07) is 12.9. The van der Waals surface area contributed by atoms with E-state index in [1.807, 2.05) is 30.3 Å². The lowest BCUT2D eigenvalue weighted by Gasteiger charge is -2.33. The molecule has 0 radical (unpaired) electrons. The number of H-pyrrole nitrogens is 1. The number of aromatic nitrogens is 2. The minimum absolute atomic E-state index is 0.256. The first-order valence-corrected chi connectivity index (χ1v) is 14.1. The zero-order chi connectivity index (χ0) is 24.3. The van der Waals surface area contributed by atoms with Crippen molar-refractivity contribution in [3.8, 4) is 0 Å². The largest absolute Gasteiger partial charge is 0.370 e. The van der Waals surface area contributed by atoms with E-state index >= 15 is 0 Å². The maximum absolute atomic E-state index is 13.7. The Balaban J connectivity index is 1.35. The molecule has 2 N–H and O–H groups in total. The van der Waals surface area contributed by atoms with Gasteiger partial charge in [0.05, 0.1) is 16.7 Å². The van der Waals surface area contributed by atoms with Gasteiger partial charge in [-0.15, -0.1) is 0 Å². The molecule has 5 rings (SSSR count). The second-order valence-electron chi connectivity index (χ2n) is 9.40. The zero-order valence-electron chi connectivity index (χ0n) is 20.0. The van der Waals surface area contributed by atoms with Crippen LogP contribution in [0.15, 0.2) is 47.4 Å². The molecule has 0 spiro atoms. The summed E-state index contributed by atoms with van der Waals surface area (Å²) in [5.74, 6) is 0.529. The third kappa shape index (κ3) is 5.21. The number of aromatic amines is 1. The molecule has 35 heavy (non-hydrogen) atoms. The molecule has 3 aromatic rings. The quantitative estimate of drug-likeness (QED) is 0.521. The molecule has 1 aromatic heterocycles. The Bertz CT molecular complexity index is 1260. The van der Waals surface area contributed by atoms with E-state index in [9.17, 15) is 13.2 Å². The molecule has 2 aromatic carbocycles. The Labute approximate surface area is 206 Å². The number of para-hydroxylation sites is 2. The molecule has 2 fully saturated rings. The van der Waals surface area contributed by atoms with E-state index in [0.29, 0.717) is 37.3 Å². The van der Waals surface area contributed by atoms with E-state index in [1.54, 1.807) is 16.4 Å². The molecule has 0 saturated carbocycles. The van der Waals surface area contributed by atoms with Gasteiger partial charge in [-0.3, -0.25) is 4.79 Å². The molecule has 0 bridgehead atoms. The van der Waals surface area contributed by atoms with Crippen LogP contribution in [-0.2, 0) is 16.4 Å². The number of fused-ring (bicyclic) bond motifs is 1. The molecule has 2 saturated heterocycles. The number of anilines is 1. The highest BCUT2D eigenvalue weighted by atomic mass is 32.2. The summed E-state index contributed by atoms with van der Waals surface area (Å²) in [7, 11) is -3.68. The number of nitrogens with one attached hydrogen (secondary N) is 2. The van der Waals surface area contributed by atoms with Crippen LogP contribution in [0.2, 0.25) is 0 Å². The Morgan fingerprint density at radius 3 is 2.40 bits per heavy atom. The van der Waals surface area contributed by atoms with Crippen molar-refractivity contribution in [2.24, 2.45) is 0 Å². The van der Waals surface area contributed by atoms with Crippen molar-refractivity contribution in [2.45, 2.75) is 49.8 Å². The summed E-state index contributed by atoms with van der Waals surface area (Å²) in [5, 5.41) is 2.93. The Morgan fingerprint density at radius 2 is 1.66 bits per heavy atom. The van der Waals surface area contributed by atoms with E-state index in [4.69, 9.17) is 0 Å². The van der Waals surface area contributed by atoms with E-state index in [2.05, 4.69) is 20.2 Å². The molecule has 0 atom stereocenters. The fourth-order valence-corrected chi connectivity index (χ4v) is 6.78. The van der Waals surface area contributed by atoms with Crippen molar-refractivity contribution in [2.75, 3.05) is 37.6 Å². The number of carbonyl (C=O) groups excluding carboxylic acids is 1. The number of hydrogen-bond acceptors (Lipinski definition) is 5. The fraction of sp³-hybridized carbons (Fsp3) is 0.462. The molecule has 3 heterocycles. The highest BCUT2D eigenvalue weighted by Crippen LogP contribution is 2.32. The summed E-state index contributed by atoms with van der Waals surface area (Å²) in [6.07, 6.45) is 6.63. The second kappa shape index (κ2) is 10.4. The minimum atomic E-state index is -3.68. The second-order valence-corrected chi connectivity index (χ2v) is 11.3. The summed E-state index contributed by atoms with van der Waals surface area (Å²) in [5.41, 5.74) is 2.95. The minimum Gasteiger partial charge on any atom is -0.370 e. The van der Waals surface area contributed by atoms with Crippen LogP contribution < -0.4 is 10.2 Å². The van der Waals surface area contributed by atoms with Gasteiger partial charge in [0.25, 0.3) is 5.91 Å². The van der Waals surface area contributed by atoms with Crippen LogP contribution in [0.4, 0.5) is 5.69 Å². The number of piperidine rings is 2. The number of amides is 1. The highest BCUT2D eigenvalue weighted by molar-refractivity contribution is 7.89. The molecule has 1 amide bonds. The lowest BCUT2D eigenvalue weighted by atomic mass is 10.1. The van der Waals surface area contributed by atoms with Crippen molar-refractivity contribution < 1.29 is 13.2 Å². The number of hydrogen-bond donors (Lipinski definition) is 2. The number of nitrogens with zero attached hydrogens (tertiary/aromatic N) is 3. The summed E-state index contributed by atoms with van der Waals surface area (Å²) in [6.45, 7) is 3.16. The number of benzene rings is 2. The summed E-state index contributed by atoms with van der Waals surface area (Å²) < 4.78 is 28.9. The van der Waals surface area contributed by atoms with Crippen molar-refractivity contribution in [1.29, 1.82) is 0 Å². The Kier molecular flexibility index (Phi) is 7.06. The van der Waals surface area contributed by atoms with Gasteiger partial charge in [0.1, 0.15) is 10.7 Å². The van der Waals surface area contributed by atoms with Crippen LogP contribution in [0.1, 0.15) is 54.7 Å². The van der Waals surface area contributed by atoms with E-state index in [-0.39, 0.29) is 10.8 Å². The van der Waals surface area contributed by atoms with Gasteiger partial charge < -0.3 is 15.2 Å². The first kappa shape index (κ1) is 23.8. The Hall–Kier alpha value is -2.91.